The van der Waals surface area contributed by atoms with Crippen molar-refractivity contribution in [2.75, 3.05) is 7.11 Å². The van der Waals surface area contributed by atoms with Gasteiger partial charge in [-0.15, -0.1) is 0 Å². The number of rotatable bonds is 1. The Morgan fingerprint density at radius 1 is 1.45 bits per heavy atom. The number of hydrogen-bond acceptors (Lipinski definition) is 5. The highest BCUT2D eigenvalue weighted by Gasteiger charge is 2.83. The summed E-state index contributed by atoms with van der Waals surface area (Å²) in [6, 6.07) is -1.73. The molecule has 1 N–H and O–H groups in total. The van der Waals surface area contributed by atoms with Crippen molar-refractivity contribution in [2.24, 2.45) is 5.92 Å². The molecule has 0 radical (unpaired) electrons. The Hall–Kier alpha value is -1.57. The van der Waals surface area contributed by atoms with Crippen LogP contribution < -0.4 is 5.32 Å². The van der Waals surface area contributed by atoms with Gasteiger partial charge in [0.15, 0.2) is 0 Å². The maximum atomic E-state index is 13.9. The Morgan fingerprint density at radius 3 is 2.50 bits per heavy atom. The Labute approximate surface area is 113 Å². The highest BCUT2D eigenvalue weighted by Crippen LogP contribution is 2.63. The van der Waals surface area contributed by atoms with Crippen molar-refractivity contribution in [1.82, 2.24) is 10.2 Å². The first kappa shape index (κ1) is 13.4. The van der Waals surface area contributed by atoms with E-state index in [1.165, 1.54) is 7.11 Å². The lowest BCUT2D eigenvalue weighted by Gasteiger charge is -2.40. The number of imide groups is 1. The van der Waals surface area contributed by atoms with Gasteiger partial charge in [-0.1, -0.05) is 0 Å². The van der Waals surface area contributed by atoms with Gasteiger partial charge in [-0.3, -0.25) is 24.6 Å². The molecule has 3 rings (SSSR count). The molecule has 0 aromatic carbocycles. The van der Waals surface area contributed by atoms with E-state index in [9.17, 15) is 23.2 Å². The fraction of sp³-hybridized carbons (Fsp3) is 0.750. The van der Waals surface area contributed by atoms with Gasteiger partial charge in [0.05, 0.1) is 25.1 Å². The monoisotopic (exact) mass is 288 g/mol. The van der Waals surface area contributed by atoms with E-state index in [1.807, 2.05) is 0 Å². The molecule has 2 bridgehead atoms. The molecular formula is C12H14F2N2O4. The van der Waals surface area contributed by atoms with E-state index in [0.29, 0.717) is 4.90 Å². The number of methoxy groups -OCH3 is 1. The van der Waals surface area contributed by atoms with Crippen molar-refractivity contribution in [2.45, 2.75) is 43.3 Å². The topological polar surface area (TPSA) is 75.7 Å². The smallest absolute Gasteiger partial charge is 0.310 e. The number of amides is 2. The molecule has 6 nitrogen and oxygen atoms in total. The summed E-state index contributed by atoms with van der Waals surface area (Å²) in [7, 11) is 1.17. The van der Waals surface area contributed by atoms with Gasteiger partial charge in [0, 0.05) is 13.3 Å². The highest BCUT2D eigenvalue weighted by atomic mass is 19.3. The molecule has 2 amide bonds. The number of likely N-dealkylation sites (tertiary alicyclic amines) is 1. The van der Waals surface area contributed by atoms with Crippen LogP contribution >= 0.6 is 0 Å². The molecule has 1 spiro atoms. The van der Waals surface area contributed by atoms with Crippen LogP contribution in [0, 0.1) is 5.92 Å². The van der Waals surface area contributed by atoms with Gasteiger partial charge in [-0.2, -0.15) is 0 Å². The molecule has 1 aliphatic carbocycles. The standard InChI is InChI=1S/C12H14F2N2O4/c1-5(17)16-9(18)7-3-6(10(19)20-2)8(15-7)11(16)4-12(11,13)14/h6-8,15H,3-4H2,1-2H3. The molecule has 4 unspecified atom stereocenters. The Kier molecular flexibility index (Phi) is 2.51. The predicted octanol–water partition coefficient (Wildman–Crippen LogP) is -0.327. The quantitative estimate of drug-likeness (QED) is 0.669. The van der Waals surface area contributed by atoms with Gasteiger partial charge in [0.1, 0.15) is 5.54 Å². The number of hydrogen-bond donors (Lipinski definition) is 1. The number of nitrogens with one attached hydrogen (secondary N) is 1. The van der Waals surface area contributed by atoms with Crippen molar-refractivity contribution < 1.29 is 27.9 Å². The molecule has 2 aliphatic heterocycles. The summed E-state index contributed by atoms with van der Waals surface area (Å²) in [6.45, 7) is 1.09. The summed E-state index contributed by atoms with van der Waals surface area (Å²) in [5, 5.41) is 2.77. The second kappa shape index (κ2) is 3.75. The molecule has 3 fully saturated rings. The van der Waals surface area contributed by atoms with Crippen LogP contribution in [0.4, 0.5) is 8.78 Å². The van der Waals surface area contributed by atoms with E-state index in [1.54, 1.807) is 0 Å². The van der Waals surface area contributed by atoms with Crippen LogP contribution in [0.1, 0.15) is 19.8 Å². The average Bonchev–Trinajstić information content (AvgIpc) is 2.75. The summed E-state index contributed by atoms with van der Waals surface area (Å²) < 4.78 is 32.5. The SMILES string of the molecule is COC(=O)C1CC2NC1C1(CC1(F)F)N(C(C)=O)C2=O. The molecule has 1 saturated carbocycles. The number of fused-ring (bicyclic) bond motifs is 3. The van der Waals surface area contributed by atoms with E-state index >= 15 is 0 Å². The fourth-order valence-electron chi connectivity index (χ4n) is 3.62. The zero-order chi connectivity index (χ0) is 14.9. The lowest BCUT2D eigenvalue weighted by Crippen LogP contribution is -2.67. The number of alkyl halides is 2. The second-order valence-electron chi connectivity index (χ2n) is 5.56. The van der Waals surface area contributed by atoms with Crippen molar-refractivity contribution in [3.63, 3.8) is 0 Å². The molecule has 2 saturated heterocycles. The summed E-state index contributed by atoms with van der Waals surface area (Å²) in [5.41, 5.74) is -1.91. The second-order valence-corrected chi connectivity index (χ2v) is 5.56. The Bertz CT molecular complexity index is 524. The van der Waals surface area contributed by atoms with Gasteiger partial charge in [0.25, 0.3) is 5.92 Å². The minimum absolute atomic E-state index is 0.0811. The number of piperazine rings is 1. The van der Waals surface area contributed by atoms with E-state index in [2.05, 4.69) is 10.1 Å². The molecule has 20 heavy (non-hydrogen) atoms. The number of nitrogens with zero attached hydrogens (tertiary/aromatic N) is 1. The van der Waals surface area contributed by atoms with Crippen LogP contribution in [0.3, 0.4) is 0 Å². The highest BCUT2D eigenvalue weighted by molar-refractivity contribution is 6.01. The van der Waals surface area contributed by atoms with Crippen LogP contribution in [0.25, 0.3) is 0 Å². The lowest BCUT2D eigenvalue weighted by atomic mass is 9.91. The van der Waals surface area contributed by atoms with Gasteiger partial charge in [-0.05, 0) is 6.42 Å². The number of esters is 1. The maximum Gasteiger partial charge on any atom is 0.310 e. The molecule has 4 atom stereocenters. The third kappa shape index (κ3) is 1.37. The number of carbonyl (C=O) groups is 3. The van der Waals surface area contributed by atoms with E-state index < -0.39 is 53.7 Å². The van der Waals surface area contributed by atoms with Gasteiger partial charge < -0.3 is 4.74 Å². The van der Waals surface area contributed by atoms with E-state index in [-0.39, 0.29) is 6.42 Å². The van der Waals surface area contributed by atoms with Gasteiger partial charge >= 0.3 is 5.97 Å². The Morgan fingerprint density at radius 2 is 2.05 bits per heavy atom. The maximum absolute atomic E-state index is 13.9. The van der Waals surface area contributed by atoms with Crippen LogP contribution in [0.2, 0.25) is 0 Å². The minimum atomic E-state index is -3.17. The summed E-state index contributed by atoms with van der Waals surface area (Å²) in [6.07, 6.45) is -0.527. The van der Waals surface area contributed by atoms with Gasteiger partial charge in [0.2, 0.25) is 11.8 Å². The van der Waals surface area contributed by atoms with E-state index in [0.717, 1.165) is 6.92 Å². The number of ether oxygens (including phenoxy) is 1. The first-order valence-corrected chi connectivity index (χ1v) is 6.32. The number of halogens is 2. The third-order valence-corrected chi connectivity index (χ3v) is 4.52. The third-order valence-electron chi connectivity index (χ3n) is 4.52. The predicted molar refractivity (Wildman–Crippen MR) is 60.7 cm³/mol. The zero-order valence-corrected chi connectivity index (χ0v) is 11.0. The van der Waals surface area contributed by atoms with Crippen molar-refractivity contribution in [3.8, 4) is 0 Å². The van der Waals surface area contributed by atoms with E-state index in [4.69, 9.17) is 0 Å². The average molecular weight is 288 g/mol. The summed E-state index contributed by atoms with van der Waals surface area (Å²) in [5.74, 6) is -6.04. The van der Waals surface area contributed by atoms with Crippen molar-refractivity contribution in [1.29, 1.82) is 0 Å². The van der Waals surface area contributed by atoms with Crippen molar-refractivity contribution >= 4 is 17.8 Å². The zero-order valence-electron chi connectivity index (χ0n) is 11.0. The summed E-state index contributed by atoms with van der Waals surface area (Å²) in [4.78, 5) is 36.2. The molecule has 2 heterocycles. The molecule has 110 valence electrons. The van der Waals surface area contributed by atoms with Gasteiger partial charge in [-0.25, -0.2) is 8.78 Å². The molecule has 0 aromatic rings. The molecule has 8 heteroatoms. The normalized spacial score (nSPS) is 40.9. The van der Waals surface area contributed by atoms with Crippen LogP contribution in [-0.2, 0) is 19.1 Å². The lowest BCUT2D eigenvalue weighted by molar-refractivity contribution is -0.158. The number of carbonyl (C=O) groups excluding carboxylic acids is 3. The molecular weight excluding hydrogens is 274 g/mol. The van der Waals surface area contributed by atoms with Crippen LogP contribution in [-0.4, -0.2) is 53.3 Å². The molecule has 0 aromatic heterocycles. The fourth-order valence-corrected chi connectivity index (χ4v) is 3.62. The largest absolute Gasteiger partial charge is 0.469 e. The summed E-state index contributed by atoms with van der Waals surface area (Å²) >= 11 is 0. The Balaban J connectivity index is 2.06. The first-order valence-electron chi connectivity index (χ1n) is 6.32. The van der Waals surface area contributed by atoms with Crippen LogP contribution in [0.15, 0.2) is 0 Å². The first-order chi connectivity index (χ1) is 9.26. The van der Waals surface area contributed by atoms with Crippen LogP contribution in [0.5, 0.6) is 0 Å². The minimum Gasteiger partial charge on any atom is -0.469 e. The molecule has 3 aliphatic rings. The van der Waals surface area contributed by atoms with Crippen molar-refractivity contribution in [3.05, 3.63) is 0 Å².